The van der Waals surface area contributed by atoms with Crippen LogP contribution >= 0.6 is 0 Å². The molecule has 5 heteroatoms. The van der Waals surface area contributed by atoms with Gasteiger partial charge in [-0.1, -0.05) is 29.4 Å². The highest BCUT2D eigenvalue weighted by molar-refractivity contribution is 5.98. The standard InChI is InChI=1S/C15H22N4O/c16-15(18-20)12-5-2-1-4-11(12)10-17-13-7-9-19-8-3-6-14(13)19/h1-2,4-5,13-14,17,20H,3,6-10H2,(H2,16,18). The Bertz CT molecular complexity index is 502. The Labute approximate surface area is 119 Å². The highest BCUT2D eigenvalue weighted by atomic mass is 16.4. The largest absolute Gasteiger partial charge is 0.409 e. The average Bonchev–Trinajstić information content (AvgIpc) is 3.08. The predicted molar refractivity (Wildman–Crippen MR) is 78.8 cm³/mol. The number of nitrogens with zero attached hydrogens (tertiary/aromatic N) is 2. The number of oxime groups is 1. The van der Waals surface area contributed by atoms with Crippen LogP contribution < -0.4 is 11.1 Å². The van der Waals surface area contributed by atoms with Crippen LogP contribution in [0, 0.1) is 0 Å². The van der Waals surface area contributed by atoms with E-state index in [4.69, 9.17) is 10.9 Å². The van der Waals surface area contributed by atoms with Gasteiger partial charge in [0.25, 0.3) is 0 Å². The van der Waals surface area contributed by atoms with Gasteiger partial charge in [0, 0.05) is 30.7 Å². The molecule has 108 valence electrons. The molecule has 0 amide bonds. The van der Waals surface area contributed by atoms with Gasteiger partial charge in [0.15, 0.2) is 5.84 Å². The minimum absolute atomic E-state index is 0.177. The summed E-state index contributed by atoms with van der Waals surface area (Å²) in [4.78, 5) is 2.59. The average molecular weight is 274 g/mol. The molecule has 2 heterocycles. The predicted octanol–water partition coefficient (Wildman–Crippen LogP) is 1.11. The topological polar surface area (TPSA) is 73.9 Å². The molecule has 2 aliphatic rings. The molecule has 0 bridgehead atoms. The summed E-state index contributed by atoms with van der Waals surface area (Å²) in [6.07, 6.45) is 3.85. The first kappa shape index (κ1) is 13.4. The van der Waals surface area contributed by atoms with Gasteiger partial charge in [-0.05, 0) is 31.4 Å². The molecule has 0 aliphatic carbocycles. The van der Waals surface area contributed by atoms with Crippen molar-refractivity contribution in [2.75, 3.05) is 13.1 Å². The minimum atomic E-state index is 0.177. The quantitative estimate of drug-likeness (QED) is 0.333. The van der Waals surface area contributed by atoms with Crippen LogP contribution in [0.4, 0.5) is 0 Å². The first-order valence-electron chi connectivity index (χ1n) is 7.33. The monoisotopic (exact) mass is 274 g/mol. The maximum absolute atomic E-state index is 8.85. The SMILES string of the molecule is NC(=NO)c1ccccc1CNC1CCN2CCCC12. The van der Waals surface area contributed by atoms with Crippen molar-refractivity contribution in [1.29, 1.82) is 0 Å². The molecule has 0 saturated carbocycles. The van der Waals surface area contributed by atoms with Crippen molar-refractivity contribution in [3.8, 4) is 0 Å². The van der Waals surface area contributed by atoms with Gasteiger partial charge in [0.2, 0.25) is 0 Å². The Morgan fingerprint density at radius 1 is 1.35 bits per heavy atom. The smallest absolute Gasteiger partial charge is 0.170 e. The Morgan fingerprint density at radius 3 is 3.05 bits per heavy atom. The summed E-state index contributed by atoms with van der Waals surface area (Å²) in [6, 6.07) is 9.08. The van der Waals surface area contributed by atoms with Gasteiger partial charge >= 0.3 is 0 Å². The van der Waals surface area contributed by atoms with Crippen LogP contribution in [0.25, 0.3) is 0 Å². The zero-order valence-electron chi connectivity index (χ0n) is 11.6. The maximum atomic E-state index is 8.85. The van der Waals surface area contributed by atoms with Crippen LogP contribution in [-0.2, 0) is 6.54 Å². The Kier molecular flexibility index (Phi) is 3.89. The molecule has 0 radical (unpaired) electrons. The third-order valence-electron chi connectivity index (χ3n) is 4.56. The number of rotatable bonds is 4. The number of amidine groups is 1. The lowest BCUT2D eigenvalue weighted by molar-refractivity contribution is 0.298. The van der Waals surface area contributed by atoms with Crippen molar-refractivity contribution >= 4 is 5.84 Å². The minimum Gasteiger partial charge on any atom is -0.409 e. The third-order valence-corrected chi connectivity index (χ3v) is 4.56. The zero-order chi connectivity index (χ0) is 13.9. The zero-order valence-corrected chi connectivity index (χ0v) is 11.6. The second kappa shape index (κ2) is 5.81. The fraction of sp³-hybridized carbons (Fsp3) is 0.533. The van der Waals surface area contributed by atoms with Crippen molar-refractivity contribution in [1.82, 2.24) is 10.2 Å². The number of nitrogens with one attached hydrogen (secondary N) is 1. The highest BCUT2D eigenvalue weighted by Crippen LogP contribution is 2.28. The highest BCUT2D eigenvalue weighted by Gasteiger charge is 2.36. The molecule has 2 saturated heterocycles. The van der Waals surface area contributed by atoms with E-state index in [1.165, 1.54) is 32.4 Å². The fourth-order valence-corrected chi connectivity index (χ4v) is 3.54. The second-order valence-electron chi connectivity index (χ2n) is 5.66. The molecule has 5 nitrogen and oxygen atoms in total. The molecule has 0 aromatic heterocycles. The van der Waals surface area contributed by atoms with Crippen LogP contribution in [-0.4, -0.2) is 41.1 Å². The van der Waals surface area contributed by atoms with E-state index in [0.717, 1.165) is 17.7 Å². The van der Waals surface area contributed by atoms with Crippen molar-refractivity contribution in [2.24, 2.45) is 10.9 Å². The summed E-state index contributed by atoms with van der Waals surface area (Å²) >= 11 is 0. The Hall–Kier alpha value is -1.59. The van der Waals surface area contributed by atoms with Crippen molar-refractivity contribution in [2.45, 2.75) is 37.9 Å². The van der Waals surface area contributed by atoms with Gasteiger partial charge in [-0.25, -0.2) is 0 Å². The molecule has 1 aromatic rings. The molecular formula is C15H22N4O. The number of hydrogen-bond acceptors (Lipinski definition) is 4. The molecule has 0 spiro atoms. The Morgan fingerprint density at radius 2 is 2.20 bits per heavy atom. The summed E-state index contributed by atoms with van der Waals surface area (Å²) in [7, 11) is 0. The summed E-state index contributed by atoms with van der Waals surface area (Å²) < 4.78 is 0. The lowest BCUT2D eigenvalue weighted by atomic mass is 10.0. The van der Waals surface area contributed by atoms with E-state index in [-0.39, 0.29) is 5.84 Å². The number of hydrogen-bond donors (Lipinski definition) is 3. The molecule has 20 heavy (non-hydrogen) atoms. The van der Waals surface area contributed by atoms with E-state index in [1.54, 1.807) is 0 Å². The molecule has 2 unspecified atom stereocenters. The third kappa shape index (κ3) is 2.51. The molecule has 2 fully saturated rings. The van der Waals surface area contributed by atoms with E-state index >= 15 is 0 Å². The summed E-state index contributed by atoms with van der Waals surface area (Å²) in [5, 5.41) is 15.6. The van der Waals surface area contributed by atoms with Crippen LogP contribution in [0.15, 0.2) is 29.4 Å². The van der Waals surface area contributed by atoms with E-state index in [1.807, 2.05) is 24.3 Å². The molecule has 2 aliphatic heterocycles. The van der Waals surface area contributed by atoms with Crippen molar-refractivity contribution in [3.63, 3.8) is 0 Å². The first-order valence-corrected chi connectivity index (χ1v) is 7.33. The van der Waals surface area contributed by atoms with E-state index < -0.39 is 0 Å². The number of fused-ring (bicyclic) bond motifs is 1. The van der Waals surface area contributed by atoms with Crippen LogP contribution in [0.3, 0.4) is 0 Å². The van der Waals surface area contributed by atoms with Gasteiger partial charge in [-0.2, -0.15) is 0 Å². The summed E-state index contributed by atoms with van der Waals surface area (Å²) in [5.41, 5.74) is 7.62. The van der Waals surface area contributed by atoms with E-state index in [0.29, 0.717) is 12.1 Å². The molecule has 2 atom stereocenters. The summed E-state index contributed by atoms with van der Waals surface area (Å²) in [5.74, 6) is 0.177. The van der Waals surface area contributed by atoms with Gasteiger partial charge in [0.1, 0.15) is 0 Å². The van der Waals surface area contributed by atoms with Crippen molar-refractivity contribution in [3.05, 3.63) is 35.4 Å². The second-order valence-corrected chi connectivity index (χ2v) is 5.66. The van der Waals surface area contributed by atoms with Gasteiger partial charge < -0.3 is 16.3 Å². The number of benzene rings is 1. The van der Waals surface area contributed by atoms with Gasteiger partial charge in [-0.3, -0.25) is 4.90 Å². The molecule has 1 aromatic carbocycles. The lowest BCUT2D eigenvalue weighted by Gasteiger charge is -2.22. The first-order chi connectivity index (χ1) is 9.79. The normalized spacial score (nSPS) is 26.9. The number of nitrogens with two attached hydrogens (primary N) is 1. The molecule has 3 rings (SSSR count). The molecule has 4 N–H and O–H groups in total. The summed E-state index contributed by atoms with van der Waals surface area (Å²) in [6.45, 7) is 3.23. The van der Waals surface area contributed by atoms with Crippen LogP contribution in [0.1, 0.15) is 30.4 Å². The van der Waals surface area contributed by atoms with Gasteiger partial charge in [0.05, 0.1) is 0 Å². The molecular weight excluding hydrogens is 252 g/mol. The van der Waals surface area contributed by atoms with E-state index in [9.17, 15) is 0 Å². The fourth-order valence-electron chi connectivity index (χ4n) is 3.54. The van der Waals surface area contributed by atoms with Crippen LogP contribution in [0.5, 0.6) is 0 Å². The lowest BCUT2D eigenvalue weighted by Crippen LogP contribution is -2.39. The van der Waals surface area contributed by atoms with E-state index in [2.05, 4.69) is 15.4 Å². The van der Waals surface area contributed by atoms with Crippen molar-refractivity contribution < 1.29 is 5.21 Å². The Balaban J connectivity index is 1.67. The maximum Gasteiger partial charge on any atom is 0.170 e. The van der Waals surface area contributed by atoms with Gasteiger partial charge in [-0.15, -0.1) is 0 Å². The van der Waals surface area contributed by atoms with Crippen LogP contribution in [0.2, 0.25) is 0 Å².